The Hall–Kier alpha value is -0.758. The molecule has 0 radical (unpaired) electrons. The van der Waals surface area contributed by atoms with Gasteiger partial charge in [-0.3, -0.25) is 4.79 Å². The van der Waals surface area contributed by atoms with Crippen LogP contribution in [-0.2, 0) is 10.2 Å². The number of nitrogens with one attached hydrogen (secondary N) is 1. The molecule has 1 unspecified atom stereocenters. The van der Waals surface area contributed by atoms with Gasteiger partial charge >= 0.3 is 68.9 Å². The van der Waals surface area contributed by atoms with E-state index in [0.717, 1.165) is 43.0 Å². The van der Waals surface area contributed by atoms with Crippen LogP contribution in [0, 0.1) is 7.43 Å². The number of hydrogen-bond donors (Lipinski definition) is 2. The minimum Gasteiger partial charge on any atom is -0.402 e. The summed E-state index contributed by atoms with van der Waals surface area (Å²) in [5, 5.41) is 8.77. The molecule has 1 fully saturated rings. The molecule has 5 rings (SSSR count). The standard InChI is InChI=1S/C21H22Cl2N6O.C5H8ClN.C2H6.CH3.Cs/c1-21(2)9-13(14-11-24-17-8-16(23)27-29(17)18(14)21)20(30)26-12-7-15(22)19(25-10-12)28-5-3-4-6-28;1-4(6)3-5(2)7;1-2;;/h7-8,10-11,13H,3-6,9H2,1-2H3,(H,26,30);3H,1,7H2,2H3;1-2H3;1H3;/q;;;-1;+1/b;5-3+;;;. The van der Waals surface area contributed by atoms with E-state index in [1.165, 1.54) is 0 Å². The Labute approximate surface area is 317 Å². The van der Waals surface area contributed by atoms with Gasteiger partial charge in [0.15, 0.2) is 10.8 Å². The normalized spacial score (nSPS) is 16.7. The first-order valence-electron chi connectivity index (χ1n) is 13.0. The Morgan fingerprint density at radius 1 is 1.17 bits per heavy atom. The van der Waals surface area contributed by atoms with E-state index >= 15 is 0 Å². The molecule has 41 heavy (non-hydrogen) atoms. The largest absolute Gasteiger partial charge is 1.00 e. The van der Waals surface area contributed by atoms with Gasteiger partial charge in [0.05, 0.1) is 28.5 Å². The molecule has 1 aliphatic carbocycles. The van der Waals surface area contributed by atoms with Crippen molar-refractivity contribution in [2.75, 3.05) is 23.3 Å². The molecular weight excluding hydrogens is 702 g/mol. The Bertz CT molecular complexity index is 1380. The molecule has 0 bridgehead atoms. The van der Waals surface area contributed by atoms with Crippen LogP contribution >= 0.6 is 34.8 Å². The zero-order valence-corrected chi connectivity index (χ0v) is 33.6. The molecule has 1 amide bonds. The SMILES string of the molecule is C=C(Cl)/C=C(\C)N.CC.CC1(C)CC(C(=O)Nc2cnc(N3CCCC3)c(Cl)c2)c2cnc3cc(Cl)nn3c21.[CH3-].[Cs+]. The van der Waals surface area contributed by atoms with E-state index in [9.17, 15) is 4.79 Å². The molecule has 218 valence electrons. The summed E-state index contributed by atoms with van der Waals surface area (Å²) in [4.78, 5) is 24.3. The fourth-order valence-corrected chi connectivity index (χ4v) is 5.57. The van der Waals surface area contributed by atoms with Crippen molar-refractivity contribution in [1.82, 2.24) is 19.6 Å². The van der Waals surface area contributed by atoms with Gasteiger partial charge in [0.2, 0.25) is 5.91 Å². The fourth-order valence-electron chi connectivity index (χ4n) is 4.94. The number of hydrogen-bond acceptors (Lipinski definition) is 6. The summed E-state index contributed by atoms with van der Waals surface area (Å²) in [6.07, 6.45) is 7.99. The molecule has 0 aromatic carbocycles. The third-order valence-corrected chi connectivity index (χ3v) is 6.98. The van der Waals surface area contributed by atoms with Crippen molar-refractivity contribution >= 4 is 57.9 Å². The van der Waals surface area contributed by atoms with Gasteiger partial charge in [-0.2, -0.15) is 5.10 Å². The van der Waals surface area contributed by atoms with Crippen molar-refractivity contribution in [3.8, 4) is 0 Å². The molecule has 1 aliphatic heterocycles. The number of rotatable bonds is 4. The number of nitrogens with two attached hydrogens (primary N) is 1. The molecule has 3 N–H and O–H groups in total. The summed E-state index contributed by atoms with van der Waals surface area (Å²) >= 11 is 17.9. The molecule has 1 saturated heterocycles. The van der Waals surface area contributed by atoms with Gasteiger partial charge in [0.1, 0.15) is 5.82 Å². The average molecular weight is 741 g/mol. The van der Waals surface area contributed by atoms with Crippen LogP contribution in [0.3, 0.4) is 0 Å². The molecule has 0 saturated carbocycles. The molecular formula is C29H39Cl3CsN7O. The van der Waals surface area contributed by atoms with Gasteiger partial charge in [0, 0.05) is 47.1 Å². The predicted molar refractivity (Wildman–Crippen MR) is 168 cm³/mol. The third-order valence-electron chi connectivity index (χ3n) is 6.41. The molecule has 8 nitrogen and oxygen atoms in total. The van der Waals surface area contributed by atoms with E-state index in [1.54, 1.807) is 42.0 Å². The zero-order valence-electron chi connectivity index (χ0n) is 25.1. The van der Waals surface area contributed by atoms with Crippen LogP contribution in [0.2, 0.25) is 10.2 Å². The van der Waals surface area contributed by atoms with E-state index in [4.69, 9.17) is 40.5 Å². The van der Waals surface area contributed by atoms with Crippen molar-refractivity contribution in [2.24, 2.45) is 5.73 Å². The smallest absolute Gasteiger partial charge is 0.402 e. The summed E-state index contributed by atoms with van der Waals surface area (Å²) < 4.78 is 1.76. The van der Waals surface area contributed by atoms with Crippen LogP contribution in [0.1, 0.15) is 71.1 Å². The Morgan fingerprint density at radius 3 is 2.34 bits per heavy atom. The monoisotopic (exact) mass is 739 g/mol. The van der Waals surface area contributed by atoms with Crippen LogP contribution < -0.4 is 84.8 Å². The Morgan fingerprint density at radius 2 is 1.80 bits per heavy atom. The summed E-state index contributed by atoms with van der Waals surface area (Å²) in [5.41, 5.74) is 8.76. The van der Waals surface area contributed by atoms with Crippen LogP contribution in [0.15, 0.2) is 47.9 Å². The predicted octanol–water partition coefficient (Wildman–Crippen LogP) is 4.52. The van der Waals surface area contributed by atoms with E-state index < -0.39 is 0 Å². The number of carbonyl (C=O) groups excluding carboxylic acids is 1. The number of carbonyl (C=O) groups is 1. The molecule has 3 aromatic heterocycles. The zero-order chi connectivity index (χ0) is 28.9. The number of aromatic nitrogens is 4. The van der Waals surface area contributed by atoms with Crippen molar-refractivity contribution < 1.29 is 73.7 Å². The minimum absolute atomic E-state index is 0. The average Bonchev–Trinajstić information content (AvgIpc) is 3.57. The summed E-state index contributed by atoms with van der Waals surface area (Å²) in [6.45, 7) is 15.3. The number of halogens is 3. The van der Waals surface area contributed by atoms with E-state index in [-0.39, 0.29) is 93.6 Å². The second-order valence-corrected chi connectivity index (χ2v) is 11.3. The number of anilines is 2. The van der Waals surface area contributed by atoms with Gasteiger partial charge < -0.3 is 23.4 Å². The second kappa shape index (κ2) is 16.9. The molecule has 1 atom stereocenters. The second-order valence-electron chi connectivity index (χ2n) is 9.99. The molecule has 2 aliphatic rings. The first-order chi connectivity index (χ1) is 18.5. The molecule has 4 heterocycles. The Balaban J connectivity index is 0.000000675. The third kappa shape index (κ3) is 9.61. The topological polar surface area (TPSA) is 101 Å². The summed E-state index contributed by atoms with van der Waals surface area (Å²) in [7, 11) is 0. The number of allylic oxidation sites excluding steroid dienone is 3. The van der Waals surface area contributed by atoms with Gasteiger partial charge in [-0.25, -0.2) is 14.5 Å². The maximum absolute atomic E-state index is 13.2. The maximum Gasteiger partial charge on any atom is 1.00 e. The molecule has 12 heteroatoms. The number of fused-ring (bicyclic) bond motifs is 3. The van der Waals surface area contributed by atoms with E-state index in [0.29, 0.717) is 38.7 Å². The van der Waals surface area contributed by atoms with Crippen LogP contribution in [0.4, 0.5) is 11.5 Å². The van der Waals surface area contributed by atoms with Crippen LogP contribution in [-0.4, -0.2) is 38.6 Å². The van der Waals surface area contributed by atoms with Crippen LogP contribution in [0.5, 0.6) is 0 Å². The van der Waals surface area contributed by atoms with E-state index in [2.05, 4.69) is 45.7 Å². The van der Waals surface area contributed by atoms with Gasteiger partial charge in [-0.15, -0.1) is 0 Å². The quantitative estimate of drug-likeness (QED) is 0.302. The number of nitrogens with zero attached hydrogens (tertiary/aromatic N) is 5. The fraction of sp³-hybridized carbons (Fsp3) is 0.414. The van der Waals surface area contributed by atoms with Crippen molar-refractivity contribution in [1.29, 1.82) is 0 Å². The van der Waals surface area contributed by atoms with Crippen LogP contribution in [0.25, 0.3) is 5.65 Å². The molecule has 0 spiro atoms. The first kappa shape index (κ1) is 38.3. The van der Waals surface area contributed by atoms with Gasteiger partial charge in [-0.1, -0.05) is 69.1 Å². The first-order valence-corrected chi connectivity index (χ1v) is 14.1. The summed E-state index contributed by atoms with van der Waals surface area (Å²) in [5.74, 6) is 0.335. The van der Waals surface area contributed by atoms with Crippen molar-refractivity contribution in [3.05, 3.63) is 76.8 Å². The Kier molecular flexibility index (Phi) is 15.8. The number of pyridine rings is 1. The number of amides is 1. The van der Waals surface area contributed by atoms with Gasteiger partial charge in [-0.05, 0) is 38.3 Å². The van der Waals surface area contributed by atoms with Crippen molar-refractivity contribution in [3.63, 3.8) is 0 Å². The summed E-state index contributed by atoms with van der Waals surface area (Å²) in [6, 6.07) is 3.50. The van der Waals surface area contributed by atoms with Crippen molar-refractivity contribution in [2.45, 2.75) is 65.2 Å². The van der Waals surface area contributed by atoms with Gasteiger partial charge in [0.25, 0.3) is 0 Å². The molecule has 3 aromatic rings. The van der Waals surface area contributed by atoms with E-state index in [1.807, 2.05) is 13.8 Å². The maximum atomic E-state index is 13.2. The minimum atomic E-state index is -0.341.